The Bertz CT molecular complexity index is 832. The first kappa shape index (κ1) is 16.1. The monoisotopic (exact) mass is 324 g/mol. The number of carbonyl (C=O) groups excluding carboxylic acids is 1. The Morgan fingerprint density at radius 1 is 1.29 bits per heavy atom. The summed E-state index contributed by atoms with van der Waals surface area (Å²) in [5.74, 6) is -0.239. The van der Waals surface area contributed by atoms with Crippen LogP contribution in [0.15, 0.2) is 29.0 Å². The number of nitrogens with one attached hydrogen (secondary N) is 2. The van der Waals surface area contributed by atoms with E-state index in [-0.39, 0.29) is 5.91 Å². The molecule has 3 rings (SSSR count). The highest BCUT2D eigenvalue weighted by molar-refractivity contribution is 6.32. The molecule has 0 aromatic carbocycles. The molecule has 0 fully saturated rings. The van der Waals surface area contributed by atoms with Crippen molar-refractivity contribution in [3.05, 3.63) is 52.1 Å². The minimum Gasteiger partial charge on any atom is -0.359 e. The van der Waals surface area contributed by atoms with Crippen molar-refractivity contribution in [1.82, 2.24) is 25.5 Å². The van der Waals surface area contributed by atoms with Crippen molar-refractivity contribution in [1.29, 1.82) is 0 Å². The number of carbonyl (C=O) groups is 1. The number of amides is 1. The van der Waals surface area contributed by atoms with Gasteiger partial charge in [0, 0.05) is 24.1 Å². The summed E-state index contributed by atoms with van der Waals surface area (Å²) in [5, 5.41) is 12.0. The van der Waals surface area contributed by atoms with Crippen molar-refractivity contribution in [3.63, 3.8) is 0 Å². The predicted molar refractivity (Wildman–Crippen MR) is 92.3 cm³/mol. The summed E-state index contributed by atoms with van der Waals surface area (Å²) in [5.41, 5.74) is 8.44. The lowest BCUT2D eigenvalue weighted by Crippen LogP contribution is -2.14. The largest absolute Gasteiger partial charge is 0.359 e. The van der Waals surface area contributed by atoms with E-state index in [9.17, 15) is 4.79 Å². The Hall–Kier alpha value is -2.80. The smallest absolute Gasteiger partial charge is 0.273 e. The van der Waals surface area contributed by atoms with Crippen LogP contribution in [0.2, 0.25) is 0 Å². The molecule has 0 unspecified atom stereocenters. The van der Waals surface area contributed by atoms with Gasteiger partial charge in [-0.3, -0.25) is 4.79 Å². The highest BCUT2D eigenvalue weighted by Crippen LogP contribution is 2.23. The summed E-state index contributed by atoms with van der Waals surface area (Å²) in [4.78, 5) is 17.7. The molecular formula is C17H20N6O. The fourth-order valence-electron chi connectivity index (χ4n) is 2.75. The number of hydrogen-bond donors (Lipinski definition) is 2. The second kappa shape index (κ2) is 6.37. The van der Waals surface area contributed by atoms with Crippen LogP contribution in [-0.2, 0) is 11.3 Å². The number of aromatic nitrogens is 3. The van der Waals surface area contributed by atoms with E-state index in [1.807, 2.05) is 27.1 Å². The van der Waals surface area contributed by atoms with Gasteiger partial charge in [-0.15, -0.1) is 5.10 Å². The fourth-order valence-corrected chi connectivity index (χ4v) is 2.75. The average Bonchev–Trinajstić information content (AvgIpc) is 3.04. The molecule has 0 spiro atoms. The molecule has 2 aromatic heterocycles. The molecule has 0 saturated heterocycles. The molecule has 1 amide bonds. The fraction of sp³-hybridized carbons (Fsp3) is 0.294. The zero-order valence-electron chi connectivity index (χ0n) is 14.2. The SMILES string of the molecule is Cc1[nH]c(C=C2C(=O)NN=C2c2cccnn2)c(C)c1CN(C)C. The average molecular weight is 324 g/mol. The van der Waals surface area contributed by atoms with Crippen LogP contribution in [0.3, 0.4) is 0 Å². The van der Waals surface area contributed by atoms with E-state index >= 15 is 0 Å². The second-order valence-electron chi connectivity index (χ2n) is 6.07. The molecule has 0 saturated carbocycles. The molecular weight excluding hydrogens is 304 g/mol. The topological polar surface area (TPSA) is 86.3 Å². The molecule has 7 heteroatoms. The van der Waals surface area contributed by atoms with Gasteiger partial charge in [0.25, 0.3) is 5.91 Å². The van der Waals surface area contributed by atoms with Crippen molar-refractivity contribution in [3.8, 4) is 0 Å². The molecule has 2 N–H and O–H groups in total. The van der Waals surface area contributed by atoms with Crippen molar-refractivity contribution in [2.24, 2.45) is 5.10 Å². The van der Waals surface area contributed by atoms with Gasteiger partial charge in [0.05, 0.1) is 5.57 Å². The van der Waals surface area contributed by atoms with Crippen molar-refractivity contribution in [2.45, 2.75) is 20.4 Å². The van der Waals surface area contributed by atoms with E-state index in [4.69, 9.17) is 0 Å². The van der Waals surface area contributed by atoms with Crippen LogP contribution in [0.5, 0.6) is 0 Å². The second-order valence-corrected chi connectivity index (χ2v) is 6.07. The van der Waals surface area contributed by atoms with Gasteiger partial charge < -0.3 is 9.88 Å². The molecule has 1 aliphatic heterocycles. The summed E-state index contributed by atoms with van der Waals surface area (Å²) in [6.07, 6.45) is 3.42. The van der Waals surface area contributed by atoms with E-state index in [1.54, 1.807) is 18.3 Å². The Kier molecular flexibility index (Phi) is 4.26. The summed E-state index contributed by atoms with van der Waals surface area (Å²) < 4.78 is 0. The van der Waals surface area contributed by atoms with Crippen LogP contribution >= 0.6 is 0 Å². The first-order chi connectivity index (χ1) is 11.5. The van der Waals surface area contributed by atoms with E-state index in [0.29, 0.717) is 17.0 Å². The third kappa shape index (κ3) is 2.98. The van der Waals surface area contributed by atoms with Gasteiger partial charge in [0.15, 0.2) is 0 Å². The maximum Gasteiger partial charge on any atom is 0.273 e. The maximum atomic E-state index is 12.2. The van der Waals surface area contributed by atoms with Gasteiger partial charge in [-0.2, -0.15) is 10.2 Å². The van der Waals surface area contributed by atoms with Gasteiger partial charge in [-0.1, -0.05) is 0 Å². The Morgan fingerprint density at radius 2 is 2.08 bits per heavy atom. The minimum absolute atomic E-state index is 0.239. The quantitative estimate of drug-likeness (QED) is 0.833. The Labute approximate surface area is 140 Å². The summed E-state index contributed by atoms with van der Waals surface area (Å²) in [7, 11) is 4.07. The van der Waals surface area contributed by atoms with Crippen molar-refractivity contribution in [2.75, 3.05) is 14.1 Å². The summed E-state index contributed by atoms with van der Waals surface area (Å²) >= 11 is 0. The number of aryl methyl sites for hydroxylation is 1. The van der Waals surface area contributed by atoms with Gasteiger partial charge in [0.1, 0.15) is 11.4 Å². The van der Waals surface area contributed by atoms with Gasteiger partial charge in [-0.25, -0.2) is 5.43 Å². The van der Waals surface area contributed by atoms with Crippen molar-refractivity contribution < 1.29 is 4.79 Å². The standard InChI is InChI=1S/C17H20N6O/c1-10-13(9-23(3)4)11(2)19-15(10)8-12-16(21-22-17(12)24)14-6-5-7-18-20-14/h5-8,19H,9H2,1-4H3,(H,22,24). The molecule has 24 heavy (non-hydrogen) atoms. The molecule has 124 valence electrons. The molecule has 2 aromatic rings. The van der Waals surface area contributed by atoms with E-state index < -0.39 is 0 Å². The number of hydrazone groups is 1. The third-order valence-electron chi connectivity index (χ3n) is 3.98. The predicted octanol–water partition coefficient (Wildman–Crippen LogP) is 1.40. The highest BCUT2D eigenvalue weighted by atomic mass is 16.2. The van der Waals surface area contributed by atoms with Gasteiger partial charge >= 0.3 is 0 Å². The van der Waals surface area contributed by atoms with E-state index in [1.165, 1.54) is 5.56 Å². The summed E-state index contributed by atoms with van der Waals surface area (Å²) in [6, 6.07) is 3.55. The highest BCUT2D eigenvalue weighted by Gasteiger charge is 2.26. The molecule has 0 aliphatic carbocycles. The number of nitrogens with zero attached hydrogens (tertiary/aromatic N) is 4. The lowest BCUT2D eigenvalue weighted by atomic mass is 10.0. The maximum absolute atomic E-state index is 12.2. The van der Waals surface area contributed by atoms with E-state index in [2.05, 4.69) is 37.5 Å². The van der Waals surface area contributed by atoms with Gasteiger partial charge in [-0.05, 0) is 57.3 Å². The van der Waals surface area contributed by atoms with Gasteiger partial charge in [0.2, 0.25) is 0 Å². The zero-order chi connectivity index (χ0) is 17.3. The normalized spacial score (nSPS) is 16.0. The van der Waals surface area contributed by atoms with Crippen LogP contribution < -0.4 is 5.43 Å². The minimum atomic E-state index is -0.239. The molecule has 0 atom stereocenters. The van der Waals surface area contributed by atoms with E-state index in [0.717, 1.165) is 23.5 Å². The number of hydrogen-bond acceptors (Lipinski definition) is 5. The Balaban J connectivity index is 2.01. The van der Waals surface area contributed by atoms with Crippen LogP contribution in [0, 0.1) is 13.8 Å². The number of H-pyrrole nitrogens is 1. The molecule has 0 bridgehead atoms. The number of aromatic amines is 1. The lowest BCUT2D eigenvalue weighted by molar-refractivity contribution is -0.116. The van der Waals surface area contributed by atoms with Crippen LogP contribution in [0.1, 0.15) is 28.2 Å². The summed E-state index contributed by atoms with van der Waals surface area (Å²) in [6.45, 7) is 4.94. The Morgan fingerprint density at radius 3 is 2.75 bits per heavy atom. The molecule has 3 heterocycles. The number of rotatable bonds is 4. The first-order valence-corrected chi connectivity index (χ1v) is 7.68. The van der Waals surface area contributed by atoms with Crippen LogP contribution in [0.4, 0.5) is 0 Å². The molecule has 1 aliphatic rings. The molecule has 0 radical (unpaired) electrons. The van der Waals surface area contributed by atoms with Crippen molar-refractivity contribution >= 4 is 17.7 Å². The van der Waals surface area contributed by atoms with Crippen LogP contribution in [0.25, 0.3) is 6.08 Å². The lowest BCUT2D eigenvalue weighted by Gasteiger charge is -2.10. The zero-order valence-corrected chi connectivity index (χ0v) is 14.2. The molecule has 7 nitrogen and oxygen atoms in total. The van der Waals surface area contributed by atoms with Crippen LogP contribution in [-0.4, -0.2) is 45.8 Å². The third-order valence-corrected chi connectivity index (χ3v) is 3.98. The first-order valence-electron chi connectivity index (χ1n) is 7.68.